The lowest BCUT2D eigenvalue weighted by molar-refractivity contribution is 0.0168. The Morgan fingerprint density at radius 2 is 1.96 bits per heavy atom. The zero-order chi connectivity index (χ0) is 15.9. The molecular weight excluding hydrogens is 290 g/mol. The van der Waals surface area contributed by atoms with E-state index in [0.717, 1.165) is 57.0 Å². The first-order chi connectivity index (χ1) is 11.4. The molecule has 0 spiro atoms. The molecule has 0 aromatic heterocycles. The lowest BCUT2D eigenvalue weighted by atomic mass is 9.82. The van der Waals surface area contributed by atoms with Crippen LogP contribution in [0.2, 0.25) is 0 Å². The Morgan fingerprint density at radius 3 is 2.61 bits per heavy atom. The van der Waals surface area contributed by atoms with Gasteiger partial charge < -0.3 is 19.7 Å². The minimum atomic E-state index is 0.337. The molecule has 0 amide bonds. The second-order valence-electron chi connectivity index (χ2n) is 7.25. The van der Waals surface area contributed by atoms with Crippen LogP contribution < -0.4 is 5.32 Å². The Morgan fingerprint density at radius 1 is 1.17 bits per heavy atom. The second-order valence-corrected chi connectivity index (χ2v) is 7.25. The van der Waals surface area contributed by atoms with E-state index in [2.05, 4.69) is 15.2 Å². The molecule has 132 valence electrons. The summed E-state index contributed by atoms with van der Waals surface area (Å²) in [5, 5.41) is 3.51. The highest BCUT2D eigenvalue weighted by Crippen LogP contribution is 2.35. The van der Waals surface area contributed by atoms with Crippen LogP contribution in [0, 0.1) is 11.8 Å². The molecule has 1 saturated carbocycles. The van der Waals surface area contributed by atoms with Crippen molar-refractivity contribution in [2.75, 3.05) is 46.5 Å². The number of guanidine groups is 1. The van der Waals surface area contributed by atoms with Crippen molar-refractivity contribution in [3.8, 4) is 0 Å². The molecular formula is C18H33N3O2. The molecule has 5 nitrogen and oxygen atoms in total. The molecule has 2 saturated heterocycles. The van der Waals surface area contributed by atoms with E-state index in [1.807, 2.05) is 7.05 Å². The molecule has 2 aliphatic heterocycles. The highest BCUT2D eigenvalue weighted by molar-refractivity contribution is 5.80. The largest absolute Gasteiger partial charge is 0.379 e. The van der Waals surface area contributed by atoms with Crippen molar-refractivity contribution in [2.24, 2.45) is 16.8 Å². The second kappa shape index (κ2) is 8.88. The van der Waals surface area contributed by atoms with Crippen LogP contribution in [0.15, 0.2) is 4.99 Å². The number of ether oxygens (including phenoxy) is 2. The highest BCUT2D eigenvalue weighted by atomic mass is 16.5. The predicted octanol–water partition coefficient (Wildman–Crippen LogP) is 2.27. The highest BCUT2D eigenvalue weighted by Gasteiger charge is 2.35. The van der Waals surface area contributed by atoms with Crippen molar-refractivity contribution in [1.29, 1.82) is 0 Å². The minimum absolute atomic E-state index is 0.337. The molecule has 0 aromatic carbocycles. The Bertz CT molecular complexity index is 368. The summed E-state index contributed by atoms with van der Waals surface area (Å²) in [4.78, 5) is 6.95. The van der Waals surface area contributed by atoms with Gasteiger partial charge in [0, 0.05) is 39.9 Å². The van der Waals surface area contributed by atoms with Crippen molar-refractivity contribution < 1.29 is 9.47 Å². The molecule has 0 aromatic rings. The SMILES string of the molecule is CN=C(NCCCOCC1CCCO1)N1CC2CCCCC2C1. The Balaban J connectivity index is 1.29. The van der Waals surface area contributed by atoms with E-state index in [4.69, 9.17) is 9.47 Å². The van der Waals surface area contributed by atoms with E-state index in [1.165, 1.54) is 45.2 Å². The summed E-state index contributed by atoms with van der Waals surface area (Å²) in [5.41, 5.74) is 0. The first-order valence-corrected chi connectivity index (χ1v) is 9.51. The average Bonchev–Trinajstić information content (AvgIpc) is 3.23. The van der Waals surface area contributed by atoms with E-state index in [-0.39, 0.29) is 0 Å². The number of likely N-dealkylation sites (tertiary alicyclic amines) is 1. The van der Waals surface area contributed by atoms with Crippen molar-refractivity contribution in [1.82, 2.24) is 10.2 Å². The van der Waals surface area contributed by atoms with Gasteiger partial charge in [-0.2, -0.15) is 0 Å². The third-order valence-corrected chi connectivity index (χ3v) is 5.56. The zero-order valence-corrected chi connectivity index (χ0v) is 14.6. The summed E-state index contributed by atoms with van der Waals surface area (Å²) in [6, 6.07) is 0. The standard InChI is InChI=1S/C18H33N3O2/c1-19-18(21-12-15-6-2-3-7-16(15)13-21)20-9-5-10-22-14-17-8-4-11-23-17/h15-17H,2-14H2,1H3,(H,19,20). The van der Waals surface area contributed by atoms with Gasteiger partial charge in [-0.3, -0.25) is 4.99 Å². The third-order valence-electron chi connectivity index (χ3n) is 5.56. The first-order valence-electron chi connectivity index (χ1n) is 9.51. The molecule has 1 N–H and O–H groups in total. The van der Waals surface area contributed by atoms with Crippen LogP contribution in [-0.2, 0) is 9.47 Å². The lowest BCUT2D eigenvalue weighted by Crippen LogP contribution is -2.40. The van der Waals surface area contributed by atoms with Gasteiger partial charge in [0.05, 0.1) is 12.7 Å². The van der Waals surface area contributed by atoms with Gasteiger partial charge in [0.15, 0.2) is 5.96 Å². The quantitative estimate of drug-likeness (QED) is 0.463. The van der Waals surface area contributed by atoms with Gasteiger partial charge in [-0.1, -0.05) is 12.8 Å². The molecule has 2 heterocycles. The molecule has 5 heteroatoms. The van der Waals surface area contributed by atoms with Gasteiger partial charge in [-0.25, -0.2) is 0 Å². The number of nitrogens with one attached hydrogen (secondary N) is 1. The fourth-order valence-electron chi connectivity index (χ4n) is 4.28. The Kier molecular flexibility index (Phi) is 6.57. The van der Waals surface area contributed by atoms with Crippen LogP contribution in [0.3, 0.4) is 0 Å². The van der Waals surface area contributed by atoms with Crippen LogP contribution in [0.1, 0.15) is 44.9 Å². The summed E-state index contributed by atoms with van der Waals surface area (Å²) in [6.45, 7) is 5.78. The normalized spacial score (nSPS) is 31.4. The van der Waals surface area contributed by atoms with Crippen LogP contribution in [0.25, 0.3) is 0 Å². The van der Waals surface area contributed by atoms with Gasteiger partial charge >= 0.3 is 0 Å². The summed E-state index contributed by atoms with van der Waals surface area (Å²) in [6.07, 6.45) is 9.36. The molecule has 3 rings (SSSR count). The fourth-order valence-corrected chi connectivity index (χ4v) is 4.28. The number of nitrogens with zero attached hydrogens (tertiary/aromatic N) is 2. The van der Waals surface area contributed by atoms with Crippen molar-refractivity contribution >= 4 is 5.96 Å². The summed E-state index contributed by atoms with van der Waals surface area (Å²) in [7, 11) is 1.90. The van der Waals surface area contributed by atoms with Gasteiger partial charge in [0.1, 0.15) is 0 Å². The number of hydrogen-bond acceptors (Lipinski definition) is 3. The van der Waals surface area contributed by atoms with Crippen LogP contribution in [-0.4, -0.2) is 63.5 Å². The van der Waals surface area contributed by atoms with Crippen LogP contribution in [0.4, 0.5) is 0 Å². The zero-order valence-electron chi connectivity index (χ0n) is 14.6. The summed E-state index contributed by atoms with van der Waals surface area (Å²) >= 11 is 0. The topological polar surface area (TPSA) is 46.1 Å². The lowest BCUT2D eigenvalue weighted by Gasteiger charge is -2.22. The maximum absolute atomic E-state index is 5.72. The van der Waals surface area contributed by atoms with Crippen molar-refractivity contribution in [3.63, 3.8) is 0 Å². The van der Waals surface area contributed by atoms with Crippen LogP contribution in [0.5, 0.6) is 0 Å². The molecule has 23 heavy (non-hydrogen) atoms. The van der Waals surface area contributed by atoms with Crippen molar-refractivity contribution in [3.05, 3.63) is 0 Å². The van der Waals surface area contributed by atoms with Gasteiger partial charge in [-0.05, 0) is 43.9 Å². The van der Waals surface area contributed by atoms with Gasteiger partial charge in [-0.15, -0.1) is 0 Å². The van der Waals surface area contributed by atoms with Crippen molar-refractivity contribution in [2.45, 2.75) is 51.0 Å². The first kappa shape index (κ1) is 17.0. The van der Waals surface area contributed by atoms with E-state index >= 15 is 0 Å². The number of rotatable bonds is 6. The summed E-state index contributed by atoms with van der Waals surface area (Å²) < 4.78 is 11.3. The van der Waals surface area contributed by atoms with Crippen LogP contribution >= 0.6 is 0 Å². The molecule has 0 radical (unpaired) electrons. The maximum Gasteiger partial charge on any atom is 0.193 e. The Hall–Kier alpha value is -0.810. The summed E-state index contributed by atoms with van der Waals surface area (Å²) in [5.74, 6) is 2.88. The molecule has 3 atom stereocenters. The average molecular weight is 323 g/mol. The Labute approximate surface area is 140 Å². The minimum Gasteiger partial charge on any atom is -0.379 e. The smallest absolute Gasteiger partial charge is 0.193 e. The molecule has 3 unspecified atom stereocenters. The maximum atomic E-state index is 5.72. The number of aliphatic imine (C=N–C) groups is 1. The van der Waals surface area contributed by atoms with E-state index < -0.39 is 0 Å². The number of fused-ring (bicyclic) bond motifs is 1. The van der Waals surface area contributed by atoms with Gasteiger partial charge in [0.25, 0.3) is 0 Å². The fraction of sp³-hybridized carbons (Fsp3) is 0.944. The van der Waals surface area contributed by atoms with Gasteiger partial charge in [0.2, 0.25) is 0 Å². The molecule has 3 fully saturated rings. The monoisotopic (exact) mass is 323 g/mol. The molecule has 0 bridgehead atoms. The molecule has 3 aliphatic rings. The molecule has 1 aliphatic carbocycles. The third kappa shape index (κ3) is 4.83. The number of hydrogen-bond donors (Lipinski definition) is 1. The van der Waals surface area contributed by atoms with E-state index in [9.17, 15) is 0 Å². The predicted molar refractivity (Wildman–Crippen MR) is 92.8 cm³/mol. The van der Waals surface area contributed by atoms with E-state index in [0.29, 0.717) is 6.10 Å². The van der Waals surface area contributed by atoms with E-state index in [1.54, 1.807) is 0 Å².